The van der Waals surface area contributed by atoms with E-state index in [4.69, 9.17) is 16.3 Å². The maximum absolute atomic E-state index is 12.7. The van der Waals surface area contributed by atoms with Gasteiger partial charge in [-0.15, -0.1) is 12.4 Å². The zero-order chi connectivity index (χ0) is 16.2. The molecule has 1 heterocycles. The molecule has 6 heteroatoms. The fraction of sp³-hybridized carbons (Fsp3) is 0.611. The summed E-state index contributed by atoms with van der Waals surface area (Å²) in [5.74, 6) is 0.570. The number of hydrogen-bond acceptors (Lipinski definition) is 3. The molecule has 0 aromatic heterocycles. The summed E-state index contributed by atoms with van der Waals surface area (Å²) in [4.78, 5) is 12.7. The number of benzene rings is 1. The second kappa shape index (κ2) is 8.93. The minimum absolute atomic E-state index is 0. The average Bonchev–Trinajstić information content (AvgIpc) is 3.02. The Morgan fingerprint density at radius 3 is 2.75 bits per heavy atom. The van der Waals surface area contributed by atoms with Gasteiger partial charge in [-0.3, -0.25) is 4.79 Å². The minimum Gasteiger partial charge on any atom is -0.490 e. The molecule has 1 aromatic rings. The highest BCUT2D eigenvalue weighted by Crippen LogP contribution is 2.29. The second-order valence-corrected chi connectivity index (χ2v) is 7.15. The van der Waals surface area contributed by atoms with E-state index in [2.05, 4.69) is 17.6 Å². The summed E-state index contributed by atoms with van der Waals surface area (Å²) < 4.78 is 6.06. The van der Waals surface area contributed by atoms with Crippen molar-refractivity contribution in [3.05, 3.63) is 28.8 Å². The molecule has 2 atom stereocenters. The Morgan fingerprint density at radius 1 is 1.29 bits per heavy atom. The lowest BCUT2D eigenvalue weighted by Crippen LogP contribution is -2.46. The molecule has 4 nitrogen and oxygen atoms in total. The lowest BCUT2D eigenvalue weighted by atomic mass is 10.00. The summed E-state index contributed by atoms with van der Waals surface area (Å²) in [6, 6.07) is 5.96. The molecule has 1 aromatic carbocycles. The van der Waals surface area contributed by atoms with Gasteiger partial charge in [-0.2, -0.15) is 0 Å². The maximum atomic E-state index is 12.7. The van der Waals surface area contributed by atoms with Crippen molar-refractivity contribution in [3.63, 3.8) is 0 Å². The average molecular weight is 373 g/mol. The summed E-state index contributed by atoms with van der Waals surface area (Å²) in [5.41, 5.74) is 0.551. The zero-order valence-corrected chi connectivity index (χ0v) is 15.6. The van der Waals surface area contributed by atoms with E-state index < -0.39 is 0 Å². The van der Waals surface area contributed by atoms with Crippen LogP contribution < -0.4 is 15.4 Å². The van der Waals surface area contributed by atoms with Gasteiger partial charge < -0.3 is 15.4 Å². The third-order valence-corrected chi connectivity index (χ3v) is 4.98. The van der Waals surface area contributed by atoms with E-state index in [-0.39, 0.29) is 30.5 Å². The van der Waals surface area contributed by atoms with Gasteiger partial charge in [-0.05, 0) is 70.2 Å². The molecule has 1 amide bonds. The first-order valence-electron chi connectivity index (χ1n) is 8.62. The zero-order valence-electron chi connectivity index (χ0n) is 14.0. The molecule has 0 radical (unpaired) electrons. The monoisotopic (exact) mass is 372 g/mol. The summed E-state index contributed by atoms with van der Waals surface area (Å²) in [6.07, 6.45) is 6.66. The van der Waals surface area contributed by atoms with E-state index in [1.54, 1.807) is 12.1 Å². The predicted octanol–water partition coefficient (Wildman–Crippen LogP) is 3.95. The molecule has 2 fully saturated rings. The Hall–Kier alpha value is -0.970. The van der Waals surface area contributed by atoms with Gasteiger partial charge in [0, 0.05) is 17.1 Å². The predicted molar refractivity (Wildman–Crippen MR) is 99.5 cm³/mol. The van der Waals surface area contributed by atoms with E-state index in [1.807, 2.05) is 6.07 Å². The van der Waals surface area contributed by atoms with Crippen LogP contribution in [0.1, 0.15) is 55.8 Å². The van der Waals surface area contributed by atoms with Crippen LogP contribution in [0.4, 0.5) is 0 Å². The van der Waals surface area contributed by atoms with Crippen molar-refractivity contribution < 1.29 is 9.53 Å². The van der Waals surface area contributed by atoms with E-state index in [0.717, 1.165) is 32.2 Å². The Balaban J connectivity index is 0.00000208. The van der Waals surface area contributed by atoms with Crippen molar-refractivity contribution in [2.45, 2.75) is 63.6 Å². The molecule has 0 spiro atoms. The fourth-order valence-corrected chi connectivity index (χ4v) is 3.67. The number of carbonyl (C=O) groups is 1. The number of amides is 1. The molecular formula is C18H26Cl2N2O2. The van der Waals surface area contributed by atoms with Crippen LogP contribution in [0.3, 0.4) is 0 Å². The van der Waals surface area contributed by atoms with Gasteiger partial charge in [0.05, 0.1) is 11.7 Å². The Morgan fingerprint density at radius 2 is 2.04 bits per heavy atom. The van der Waals surface area contributed by atoms with Gasteiger partial charge in [0.2, 0.25) is 0 Å². The number of nitrogens with one attached hydrogen (secondary N) is 2. The lowest BCUT2D eigenvalue weighted by molar-refractivity contribution is 0.0918. The molecule has 2 aliphatic rings. The third kappa shape index (κ3) is 5.01. The number of rotatable bonds is 4. The first-order valence-corrected chi connectivity index (χ1v) is 9.00. The topological polar surface area (TPSA) is 50.4 Å². The molecule has 2 N–H and O–H groups in total. The maximum Gasteiger partial charge on any atom is 0.255 e. The number of piperidine rings is 1. The molecular weight excluding hydrogens is 347 g/mol. The van der Waals surface area contributed by atoms with Crippen LogP contribution in [0.15, 0.2) is 18.2 Å². The first-order chi connectivity index (χ1) is 11.1. The third-order valence-electron chi connectivity index (χ3n) is 4.74. The summed E-state index contributed by atoms with van der Waals surface area (Å²) in [5, 5.41) is 7.10. The molecule has 134 valence electrons. The van der Waals surface area contributed by atoms with Gasteiger partial charge in [0.1, 0.15) is 5.75 Å². The van der Waals surface area contributed by atoms with Gasteiger partial charge in [-0.1, -0.05) is 11.6 Å². The molecule has 1 aliphatic carbocycles. The van der Waals surface area contributed by atoms with Crippen molar-refractivity contribution in [3.8, 4) is 5.75 Å². The lowest BCUT2D eigenvalue weighted by Gasteiger charge is -2.29. The van der Waals surface area contributed by atoms with Crippen LogP contribution in [0.2, 0.25) is 5.02 Å². The van der Waals surface area contributed by atoms with Crippen LogP contribution in [0, 0.1) is 0 Å². The van der Waals surface area contributed by atoms with Crippen LogP contribution in [0.25, 0.3) is 0 Å². The van der Waals surface area contributed by atoms with E-state index in [9.17, 15) is 4.79 Å². The normalized spacial score (nSPS) is 24.2. The van der Waals surface area contributed by atoms with Crippen LogP contribution in [0.5, 0.6) is 5.75 Å². The first kappa shape index (κ1) is 19.4. The van der Waals surface area contributed by atoms with E-state index >= 15 is 0 Å². The Kier molecular flexibility index (Phi) is 7.20. The SMILES string of the molecule is CC1CC(NC(=O)c2cc(Cl)ccc2OC2CCCC2)CCN1.Cl. The number of ether oxygens (including phenoxy) is 1. The van der Waals surface area contributed by atoms with E-state index in [1.165, 1.54) is 12.8 Å². The summed E-state index contributed by atoms with van der Waals surface area (Å²) in [6.45, 7) is 3.08. The van der Waals surface area contributed by atoms with Crippen molar-refractivity contribution >= 4 is 29.9 Å². The summed E-state index contributed by atoms with van der Waals surface area (Å²) >= 11 is 6.10. The quantitative estimate of drug-likeness (QED) is 0.840. The fourth-order valence-electron chi connectivity index (χ4n) is 3.49. The molecule has 1 saturated carbocycles. The van der Waals surface area contributed by atoms with Crippen LogP contribution in [-0.2, 0) is 0 Å². The van der Waals surface area contributed by atoms with Gasteiger partial charge in [-0.25, -0.2) is 0 Å². The molecule has 3 rings (SSSR count). The van der Waals surface area contributed by atoms with Crippen molar-refractivity contribution in [1.82, 2.24) is 10.6 Å². The molecule has 24 heavy (non-hydrogen) atoms. The highest BCUT2D eigenvalue weighted by atomic mass is 35.5. The van der Waals surface area contributed by atoms with Gasteiger partial charge >= 0.3 is 0 Å². The molecule has 2 unspecified atom stereocenters. The summed E-state index contributed by atoms with van der Waals surface area (Å²) in [7, 11) is 0. The van der Waals surface area contributed by atoms with Crippen molar-refractivity contribution in [2.75, 3.05) is 6.54 Å². The molecule has 1 aliphatic heterocycles. The van der Waals surface area contributed by atoms with Crippen molar-refractivity contribution in [1.29, 1.82) is 0 Å². The molecule has 1 saturated heterocycles. The second-order valence-electron chi connectivity index (χ2n) is 6.71. The Labute approximate surface area is 155 Å². The standard InChI is InChI=1S/C18H25ClN2O2.ClH/c1-12-10-14(8-9-20-12)21-18(22)16-11-13(19)6-7-17(16)23-15-4-2-3-5-15;/h6-7,11-12,14-15,20H,2-5,8-10H2,1H3,(H,21,22);1H. The number of halogens is 2. The number of hydrogen-bond donors (Lipinski definition) is 2. The smallest absolute Gasteiger partial charge is 0.255 e. The largest absolute Gasteiger partial charge is 0.490 e. The van der Waals surface area contributed by atoms with Crippen molar-refractivity contribution in [2.24, 2.45) is 0 Å². The number of carbonyl (C=O) groups excluding carboxylic acids is 1. The van der Waals surface area contributed by atoms with E-state index in [0.29, 0.717) is 22.4 Å². The van der Waals surface area contributed by atoms with Gasteiger partial charge in [0.25, 0.3) is 5.91 Å². The van der Waals surface area contributed by atoms with Crippen LogP contribution in [-0.4, -0.2) is 30.6 Å². The molecule has 0 bridgehead atoms. The van der Waals surface area contributed by atoms with Gasteiger partial charge in [0.15, 0.2) is 0 Å². The Bertz CT molecular complexity index is 562. The highest BCUT2D eigenvalue weighted by molar-refractivity contribution is 6.31. The van der Waals surface area contributed by atoms with Crippen LogP contribution >= 0.6 is 24.0 Å². The minimum atomic E-state index is -0.0837. The highest BCUT2D eigenvalue weighted by Gasteiger charge is 2.24.